The molecule has 0 unspecified atom stereocenters. The first-order chi connectivity index (χ1) is 8.15. The van der Waals surface area contributed by atoms with Crippen molar-refractivity contribution in [2.75, 3.05) is 11.9 Å². The van der Waals surface area contributed by atoms with Gasteiger partial charge < -0.3 is 5.32 Å². The standard InChI is InChI=1S/C12H17N3O2/c1-2-12(5-3-6-12)9-14-11-8-10(15(16)17)4-7-13-11/h4,7-8H,2-3,5-6,9H2,1H3,(H,13,14). The van der Waals surface area contributed by atoms with E-state index in [0.29, 0.717) is 11.2 Å². The van der Waals surface area contributed by atoms with Gasteiger partial charge in [-0.3, -0.25) is 10.1 Å². The lowest BCUT2D eigenvalue weighted by atomic mass is 9.67. The molecule has 1 aliphatic rings. The molecule has 1 saturated carbocycles. The highest BCUT2D eigenvalue weighted by molar-refractivity contribution is 5.44. The zero-order valence-electron chi connectivity index (χ0n) is 9.98. The summed E-state index contributed by atoms with van der Waals surface area (Å²) in [5.41, 5.74) is 0.466. The van der Waals surface area contributed by atoms with Crippen LogP contribution in [0.5, 0.6) is 0 Å². The van der Waals surface area contributed by atoms with E-state index in [1.807, 2.05) is 0 Å². The number of nitro groups is 1. The van der Waals surface area contributed by atoms with E-state index in [9.17, 15) is 10.1 Å². The van der Waals surface area contributed by atoms with Gasteiger partial charge in [-0.25, -0.2) is 4.98 Å². The van der Waals surface area contributed by atoms with Crippen LogP contribution in [0.2, 0.25) is 0 Å². The average molecular weight is 235 g/mol. The Labute approximate surface area is 100 Å². The van der Waals surface area contributed by atoms with Crippen molar-refractivity contribution >= 4 is 11.5 Å². The number of nitrogens with one attached hydrogen (secondary N) is 1. The van der Waals surface area contributed by atoms with Crippen LogP contribution < -0.4 is 5.32 Å². The van der Waals surface area contributed by atoms with Crippen LogP contribution in [0.1, 0.15) is 32.6 Å². The summed E-state index contributed by atoms with van der Waals surface area (Å²) in [7, 11) is 0. The van der Waals surface area contributed by atoms with E-state index in [1.165, 1.54) is 37.6 Å². The highest BCUT2D eigenvalue weighted by Crippen LogP contribution is 2.43. The molecule has 0 aliphatic heterocycles. The van der Waals surface area contributed by atoms with E-state index >= 15 is 0 Å². The summed E-state index contributed by atoms with van der Waals surface area (Å²) in [6.45, 7) is 3.05. The fourth-order valence-electron chi connectivity index (χ4n) is 2.24. The molecule has 0 bridgehead atoms. The summed E-state index contributed by atoms with van der Waals surface area (Å²) in [5.74, 6) is 0.596. The lowest BCUT2D eigenvalue weighted by Crippen LogP contribution is -2.36. The van der Waals surface area contributed by atoms with Gasteiger partial charge in [0.25, 0.3) is 5.69 Å². The molecule has 92 valence electrons. The Hall–Kier alpha value is -1.65. The largest absolute Gasteiger partial charge is 0.369 e. The molecule has 1 aromatic rings. The van der Waals surface area contributed by atoms with Gasteiger partial charge in [0.15, 0.2) is 0 Å². The third-order valence-electron chi connectivity index (χ3n) is 3.76. The predicted molar refractivity (Wildman–Crippen MR) is 66.0 cm³/mol. The van der Waals surface area contributed by atoms with Gasteiger partial charge in [0.05, 0.1) is 11.0 Å². The number of anilines is 1. The first kappa shape index (κ1) is 11.8. The predicted octanol–water partition coefficient (Wildman–Crippen LogP) is 2.98. The van der Waals surface area contributed by atoms with Crippen molar-refractivity contribution in [1.29, 1.82) is 0 Å². The molecule has 1 aliphatic carbocycles. The van der Waals surface area contributed by atoms with Crippen LogP contribution in [0.4, 0.5) is 11.5 Å². The van der Waals surface area contributed by atoms with Crippen molar-refractivity contribution < 1.29 is 4.92 Å². The topological polar surface area (TPSA) is 68.1 Å². The minimum atomic E-state index is -0.397. The molecule has 2 rings (SSSR count). The maximum Gasteiger partial charge on any atom is 0.274 e. The Morgan fingerprint density at radius 1 is 1.59 bits per heavy atom. The van der Waals surface area contributed by atoms with Crippen LogP contribution in [-0.4, -0.2) is 16.5 Å². The monoisotopic (exact) mass is 235 g/mol. The van der Waals surface area contributed by atoms with Crippen LogP contribution in [-0.2, 0) is 0 Å². The quantitative estimate of drug-likeness (QED) is 0.629. The Balaban J connectivity index is 1.99. The van der Waals surface area contributed by atoms with Gasteiger partial charge in [-0.2, -0.15) is 0 Å². The number of rotatable bonds is 5. The maximum absolute atomic E-state index is 10.6. The highest BCUT2D eigenvalue weighted by atomic mass is 16.6. The van der Waals surface area contributed by atoms with Gasteiger partial charge in [0.2, 0.25) is 0 Å². The Kier molecular flexibility index (Phi) is 3.26. The lowest BCUT2D eigenvalue weighted by molar-refractivity contribution is -0.384. The van der Waals surface area contributed by atoms with Crippen molar-refractivity contribution in [3.05, 3.63) is 28.4 Å². The van der Waals surface area contributed by atoms with Gasteiger partial charge in [0, 0.05) is 18.8 Å². The van der Waals surface area contributed by atoms with Gasteiger partial charge in [0.1, 0.15) is 5.82 Å². The average Bonchev–Trinajstić information content (AvgIpc) is 2.28. The SMILES string of the molecule is CCC1(CNc2cc([N+](=O)[O-])ccn2)CCC1. The minimum absolute atomic E-state index is 0.0849. The van der Waals surface area contributed by atoms with Gasteiger partial charge in [-0.05, 0) is 24.7 Å². The molecule has 0 aromatic carbocycles. The van der Waals surface area contributed by atoms with Gasteiger partial charge in [-0.15, -0.1) is 0 Å². The van der Waals surface area contributed by atoms with E-state index in [2.05, 4.69) is 17.2 Å². The van der Waals surface area contributed by atoms with Gasteiger partial charge >= 0.3 is 0 Å². The van der Waals surface area contributed by atoms with Crippen molar-refractivity contribution in [1.82, 2.24) is 4.98 Å². The van der Waals surface area contributed by atoms with Crippen LogP contribution in [0.15, 0.2) is 18.3 Å². The normalized spacial score (nSPS) is 17.2. The molecule has 1 fully saturated rings. The van der Waals surface area contributed by atoms with Crippen molar-refractivity contribution in [2.45, 2.75) is 32.6 Å². The first-order valence-electron chi connectivity index (χ1n) is 5.99. The molecule has 5 heteroatoms. The molecule has 1 aromatic heterocycles. The molecule has 0 amide bonds. The van der Waals surface area contributed by atoms with Crippen molar-refractivity contribution in [3.8, 4) is 0 Å². The Bertz CT molecular complexity index is 410. The Morgan fingerprint density at radius 2 is 2.35 bits per heavy atom. The van der Waals surface area contributed by atoms with Gasteiger partial charge in [-0.1, -0.05) is 13.3 Å². The van der Waals surface area contributed by atoms with E-state index < -0.39 is 4.92 Å². The molecule has 5 nitrogen and oxygen atoms in total. The molecular weight excluding hydrogens is 218 g/mol. The number of hydrogen-bond acceptors (Lipinski definition) is 4. The molecular formula is C12H17N3O2. The van der Waals surface area contributed by atoms with Crippen LogP contribution >= 0.6 is 0 Å². The van der Waals surface area contributed by atoms with Crippen LogP contribution in [0, 0.1) is 15.5 Å². The maximum atomic E-state index is 10.6. The summed E-state index contributed by atoms with van der Waals surface area (Å²) in [6, 6.07) is 2.89. The van der Waals surface area contributed by atoms with Crippen molar-refractivity contribution in [3.63, 3.8) is 0 Å². The second kappa shape index (κ2) is 4.69. The highest BCUT2D eigenvalue weighted by Gasteiger charge is 2.34. The van der Waals surface area contributed by atoms with E-state index in [0.717, 1.165) is 13.0 Å². The molecule has 0 saturated heterocycles. The fraction of sp³-hybridized carbons (Fsp3) is 0.583. The fourth-order valence-corrected chi connectivity index (χ4v) is 2.24. The summed E-state index contributed by atoms with van der Waals surface area (Å²) in [4.78, 5) is 14.3. The second-order valence-electron chi connectivity index (χ2n) is 4.72. The number of aromatic nitrogens is 1. The van der Waals surface area contributed by atoms with E-state index in [-0.39, 0.29) is 5.69 Å². The van der Waals surface area contributed by atoms with Crippen LogP contribution in [0.25, 0.3) is 0 Å². The molecule has 1 heterocycles. The second-order valence-corrected chi connectivity index (χ2v) is 4.72. The van der Waals surface area contributed by atoms with Crippen molar-refractivity contribution in [2.24, 2.45) is 5.41 Å². The third-order valence-corrected chi connectivity index (χ3v) is 3.76. The molecule has 0 radical (unpaired) electrons. The number of pyridine rings is 1. The number of nitrogens with zero attached hydrogens (tertiary/aromatic N) is 2. The minimum Gasteiger partial charge on any atom is -0.369 e. The summed E-state index contributed by atoms with van der Waals surface area (Å²) >= 11 is 0. The first-order valence-corrected chi connectivity index (χ1v) is 5.99. The number of hydrogen-bond donors (Lipinski definition) is 1. The summed E-state index contributed by atoms with van der Waals surface area (Å²) < 4.78 is 0. The van der Waals surface area contributed by atoms with Crippen LogP contribution in [0.3, 0.4) is 0 Å². The zero-order chi connectivity index (χ0) is 12.3. The summed E-state index contributed by atoms with van der Waals surface area (Å²) in [5, 5.41) is 13.8. The lowest BCUT2D eigenvalue weighted by Gasteiger charge is -2.41. The van der Waals surface area contributed by atoms with E-state index in [4.69, 9.17) is 0 Å². The zero-order valence-corrected chi connectivity index (χ0v) is 9.98. The smallest absolute Gasteiger partial charge is 0.274 e. The molecule has 0 atom stereocenters. The molecule has 0 spiro atoms. The summed E-state index contributed by atoms with van der Waals surface area (Å²) in [6.07, 6.45) is 6.39. The molecule has 17 heavy (non-hydrogen) atoms. The Morgan fingerprint density at radius 3 is 2.88 bits per heavy atom. The van der Waals surface area contributed by atoms with E-state index in [1.54, 1.807) is 0 Å². The third kappa shape index (κ3) is 2.54. The molecule has 1 N–H and O–H groups in total.